The molecule has 0 radical (unpaired) electrons. The Morgan fingerprint density at radius 3 is 2.14 bits per heavy atom. The lowest BCUT2D eigenvalue weighted by Crippen LogP contribution is -2.12. The predicted octanol–water partition coefficient (Wildman–Crippen LogP) is 4.27. The molecule has 2 aromatic carbocycles. The number of rotatable bonds is 5. The van der Waals surface area contributed by atoms with E-state index in [9.17, 15) is 9.59 Å². The average Bonchev–Trinajstić information content (AvgIpc) is 3.56. The zero-order valence-electron chi connectivity index (χ0n) is 17.3. The third-order valence-corrected chi connectivity index (χ3v) is 3.65. The summed E-state index contributed by atoms with van der Waals surface area (Å²) in [5.74, 6) is 2.22. The van der Waals surface area contributed by atoms with Gasteiger partial charge in [-0.1, -0.05) is 23.8 Å². The van der Waals surface area contributed by atoms with Crippen LogP contribution in [0.25, 0.3) is 0 Å². The van der Waals surface area contributed by atoms with Gasteiger partial charge in [-0.05, 0) is 51.0 Å². The summed E-state index contributed by atoms with van der Waals surface area (Å²) in [6, 6.07) is 15.5. The Kier molecular flexibility index (Phi) is 10.9. The molecule has 7 heteroatoms. The van der Waals surface area contributed by atoms with Crippen molar-refractivity contribution >= 4 is 11.9 Å². The lowest BCUT2D eigenvalue weighted by Gasteiger charge is -2.07. The minimum Gasteiger partial charge on any atom is -0.497 e. The molecule has 1 aliphatic carbocycles. The third-order valence-electron chi connectivity index (χ3n) is 3.65. The monoisotopic (exact) mass is 403 g/mol. The summed E-state index contributed by atoms with van der Waals surface area (Å²) in [5.41, 5.74) is 2.61. The standard InChI is InChI=1S/C14H14O2.C6H10O2.C2H5NO2/c1-11-6-8-12(9-7-11)16-14-5-3-4-13(10-14)15-2;1-2-8-6(7)5-3-4-5;1-2(4)3-5/h3-10H,1-2H3;5H,2-4H2,1H3;5H,1H3,(H,3,4). The molecule has 0 spiro atoms. The molecule has 0 bridgehead atoms. The van der Waals surface area contributed by atoms with E-state index in [1.165, 1.54) is 18.0 Å². The van der Waals surface area contributed by atoms with E-state index in [1.807, 2.05) is 55.5 Å². The van der Waals surface area contributed by atoms with E-state index >= 15 is 0 Å². The summed E-state index contributed by atoms with van der Waals surface area (Å²) in [6.07, 6.45) is 2.08. The van der Waals surface area contributed by atoms with Crippen LogP contribution in [0.5, 0.6) is 17.2 Å². The van der Waals surface area contributed by atoms with Gasteiger partial charge in [0.2, 0.25) is 5.91 Å². The summed E-state index contributed by atoms with van der Waals surface area (Å²) in [6.45, 7) is 5.63. The van der Waals surface area contributed by atoms with Gasteiger partial charge in [-0.15, -0.1) is 0 Å². The number of hydrogen-bond donors (Lipinski definition) is 2. The van der Waals surface area contributed by atoms with Crippen molar-refractivity contribution in [2.24, 2.45) is 5.92 Å². The Morgan fingerprint density at radius 2 is 1.66 bits per heavy atom. The van der Waals surface area contributed by atoms with Crippen LogP contribution in [0.2, 0.25) is 0 Å². The van der Waals surface area contributed by atoms with Crippen LogP contribution >= 0.6 is 0 Å². The Bertz CT molecular complexity index is 756. The third kappa shape index (κ3) is 10.8. The highest BCUT2D eigenvalue weighted by Gasteiger charge is 2.30. The van der Waals surface area contributed by atoms with Gasteiger partial charge in [0.1, 0.15) is 17.2 Å². The van der Waals surface area contributed by atoms with Gasteiger partial charge < -0.3 is 14.2 Å². The quantitative estimate of drug-likeness (QED) is 0.440. The first-order chi connectivity index (χ1) is 13.9. The summed E-state index contributed by atoms with van der Waals surface area (Å²) in [4.78, 5) is 20.0. The van der Waals surface area contributed by atoms with Crippen LogP contribution in [0.3, 0.4) is 0 Å². The first-order valence-electron chi connectivity index (χ1n) is 9.35. The van der Waals surface area contributed by atoms with Gasteiger partial charge in [0.15, 0.2) is 0 Å². The number of benzene rings is 2. The average molecular weight is 403 g/mol. The van der Waals surface area contributed by atoms with E-state index in [1.54, 1.807) is 7.11 Å². The van der Waals surface area contributed by atoms with Crippen LogP contribution in [0.4, 0.5) is 0 Å². The van der Waals surface area contributed by atoms with Gasteiger partial charge in [-0.2, -0.15) is 0 Å². The number of carbonyl (C=O) groups is 2. The number of hydroxylamine groups is 1. The number of ether oxygens (including phenoxy) is 3. The molecule has 0 heterocycles. The largest absolute Gasteiger partial charge is 0.497 e. The van der Waals surface area contributed by atoms with Crippen LogP contribution in [0.15, 0.2) is 48.5 Å². The van der Waals surface area contributed by atoms with Crippen molar-refractivity contribution in [1.82, 2.24) is 5.48 Å². The molecule has 1 fully saturated rings. The normalized spacial score (nSPS) is 11.6. The molecule has 158 valence electrons. The number of amides is 1. The topological polar surface area (TPSA) is 94.1 Å². The smallest absolute Gasteiger partial charge is 0.308 e. The Hall–Kier alpha value is -3.06. The van der Waals surface area contributed by atoms with Crippen molar-refractivity contribution < 1.29 is 29.0 Å². The second kappa shape index (κ2) is 13.2. The molecular weight excluding hydrogens is 374 g/mol. The molecule has 1 amide bonds. The van der Waals surface area contributed by atoms with E-state index in [0.717, 1.165) is 30.1 Å². The molecule has 29 heavy (non-hydrogen) atoms. The van der Waals surface area contributed by atoms with Gasteiger partial charge in [-0.3, -0.25) is 14.8 Å². The number of methoxy groups -OCH3 is 1. The van der Waals surface area contributed by atoms with Gasteiger partial charge in [-0.25, -0.2) is 5.48 Å². The fourth-order valence-corrected chi connectivity index (χ4v) is 1.99. The van der Waals surface area contributed by atoms with Crippen LogP contribution in [0.1, 0.15) is 32.3 Å². The van der Waals surface area contributed by atoms with Crippen molar-refractivity contribution in [3.8, 4) is 17.2 Å². The van der Waals surface area contributed by atoms with E-state index < -0.39 is 5.91 Å². The SMILES string of the molecule is CC(=O)NO.CCOC(=O)C1CC1.COc1cccc(Oc2ccc(C)cc2)c1. The second-order valence-electron chi connectivity index (χ2n) is 6.29. The predicted molar refractivity (Wildman–Crippen MR) is 109 cm³/mol. The summed E-state index contributed by atoms with van der Waals surface area (Å²) in [5, 5.41) is 7.54. The summed E-state index contributed by atoms with van der Waals surface area (Å²) in [7, 11) is 1.64. The zero-order chi connectivity index (χ0) is 21.6. The van der Waals surface area contributed by atoms with Crippen molar-refractivity contribution in [3.05, 3.63) is 54.1 Å². The fraction of sp³-hybridized carbons (Fsp3) is 0.364. The maximum Gasteiger partial charge on any atom is 0.308 e. The molecule has 2 aromatic rings. The second-order valence-corrected chi connectivity index (χ2v) is 6.29. The van der Waals surface area contributed by atoms with Gasteiger partial charge >= 0.3 is 5.97 Å². The highest BCUT2D eigenvalue weighted by molar-refractivity contribution is 5.74. The maximum absolute atomic E-state index is 10.6. The minimum atomic E-state index is -0.440. The molecule has 7 nitrogen and oxygen atoms in total. The summed E-state index contributed by atoms with van der Waals surface area (Å²) >= 11 is 0. The van der Waals surface area contributed by atoms with E-state index in [2.05, 4.69) is 6.92 Å². The highest BCUT2D eigenvalue weighted by Crippen LogP contribution is 2.29. The summed E-state index contributed by atoms with van der Waals surface area (Å²) < 4.78 is 15.6. The lowest BCUT2D eigenvalue weighted by molar-refractivity contribution is -0.144. The molecule has 0 unspecified atom stereocenters. The first kappa shape index (κ1) is 24.0. The number of hydrogen-bond acceptors (Lipinski definition) is 6. The van der Waals surface area contributed by atoms with Crippen LogP contribution in [0, 0.1) is 12.8 Å². The molecule has 1 saturated carbocycles. The molecule has 2 N–H and O–H groups in total. The number of nitrogens with one attached hydrogen (secondary N) is 1. The van der Waals surface area contributed by atoms with Crippen molar-refractivity contribution in [3.63, 3.8) is 0 Å². The van der Waals surface area contributed by atoms with Crippen molar-refractivity contribution in [1.29, 1.82) is 0 Å². The Balaban J connectivity index is 0.000000269. The van der Waals surface area contributed by atoms with E-state index in [0.29, 0.717) is 6.61 Å². The van der Waals surface area contributed by atoms with Gasteiger partial charge in [0.25, 0.3) is 0 Å². The Labute approximate surface area is 171 Å². The van der Waals surface area contributed by atoms with Crippen LogP contribution in [-0.4, -0.2) is 30.8 Å². The van der Waals surface area contributed by atoms with Crippen molar-refractivity contribution in [2.45, 2.75) is 33.6 Å². The molecule has 1 aliphatic rings. The highest BCUT2D eigenvalue weighted by atomic mass is 16.5. The molecule has 0 saturated heterocycles. The van der Waals surface area contributed by atoms with Crippen molar-refractivity contribution in [2.75, 3.05) is 13.7 Å². The number of carbonyl (C=O) groups excluding carboxylic acids is 2. The first-order valence-corrected chi connectivity index (χ1v) is 9.35. The van der Waals surface area contributed by atoms with E-state index in [-0.39, 0.29) is 11.9 Å². The molecule has 0 aromatic heterocycles. The zero-order valence-corrected chi connectivity index (χ0v) is 17.3. The number of aryl methyl sites for hydroxylation is 1. The van der Waals surface area contributed by atoms with Crippen LogP contribution < -0.4 is 15.0 Å². The molecule has 3 rings (SSSR count). The van der Waals surface area contributed by atoms with Gasteiger partial charge in [0.05, 0.1) is 19.6 Å². The van der Waals surface area contributed by atoms with Crippen LogP contribution in [-0.2, 0) is 14.3 Å². The van der Waals surface area contributed by atoms with E-state index in [4.69, 9.17) is 19.4 Å². The maximum atomic E-state index is 10.6. The Morgan fingerprint density at radius 1 is 1.07 bits per heavy atom. The molecule has 0 aliphatic heterocycles. The molecule has 0 atom stereocenters. The fourth-order valence-electron chi connectivity index (χ4n) is 1.99. The van der Waals surface area contributed by atoms with Gasteiger partial charge in [0, 0.05) is 13.0 Å². The number of esters is 1. The lowest BCUT2D eigenvalue weighted by atomic mass is 10.2. The minimum absolute atomic E-state index is 0.00694. The molecular formula is C22H29NO6.